The van der Waals surface area contributed by atoms with Crippen molar-refractivity contribution >= 4 is 19.9 Å². The minimum Gasteiger partial charge on any atom is -0.316 e. The maximum absolute atomic E-state index is 11.6. The van der Waals surface area contributed by atoms with E-state index in [9.17, 15) is 16.8 Å². The summed E-state index contributed by atoms with van der Waals surface area (Å²) in [5, 5.41) is 2.94. The Morgan fingerprint density at radius 3 is 2.35 bits per heavy atom. The van der Waals surface area contributed by atoms with Crippen molar-refractivity contribution in [1.29, 1.82) is 0 Å². The van der Waals surface area contributed by atoms with E-state index in [1.165, 1.54) is 0 Å². The summed E-state index contributed by atoms with van der Waals surface area (Å²) in [4.78, 5) is 0. The Morgan fingerprint density at radius 2 is 1.82 bits per heavy atom. The molecule has 0 radical (unpaired) electrons. The van der Waals surface area contributed by atoms with Gasteiger partial charge in [-0.2, -0.15) is 0 Å². The van der Waals surface area contributed by atoms with E-state index in [-0.39, 0.29) is 23.3 Å². The van der Waals surface area contributed by atoms with Crippen molar-refractivity contribution in [2.75, 3.05) is 30.3 Å². The van der Waals surface area contributed by atoms with Crippen LogP contribution < -0.4 is 10.0 Å². The largest absolute Gasteiger partial charge is 0.316 e. The Bertz CT molecular complexity index is 416. The monoisotopic (exact) mass is 284 g/mol. The lowest BCUT2D eigenvalue weighted by Gasteiger charge is -2.22. The Balaban J connectivity index is 2.39. The fourth-order valence-electron chi connectivity index (χ4n) is 1.70. The van der Waals surface area contributed by atoms with Crippen molar-refractivity contribution in [3.05, 3.63) is 0 Å². The van der Waals surface area contributed by atoms with Crippen LogP contribution >= 0.6 is 0 Å². The van der Waals surface area contributed by atoms with Crippen LogP contribution in [0.25, 0.3) is 0 Å². The van der Waals surface area contributed by atoms with Crippen LogP contribution in [0.1, 0.15) is 19.8 Å². The van der Waals surface area contributed by atoms with Gasteiger partial charge in [0.05, 0.1) is 17.3 Å². The van der Waals surface area contributed by atoms with Gasteiger partial charge in [0.2, 0.25) is 10.0 Å². The molecule has 0 aromatic heterocycles. The van der Waals surface area contributed by atoms with Gasteiger partial charge in [-0.05, 0) is 19.4 Å². The summed E-state index contributed by atoms with van der Waals surface area (Å²) in [6, 6.07) is -0.231. The van der Waals surface area contributed by atoms with Crippen molar-refractivity contribution in [3.8, 4) is 0 Å². The molecular weight excluding hydrogens is 264 g/mol. The second-order valence-corrected chi connectivity index (χ2v) is 8.39. The fourth-order valence-corrected chi connectivity index (χ4v) is 4.47. The Labute approximate surface area is 103 Å². The minimum atomic E-state index is -3.30. The van der Waals surface area contributed by atoms with Crippen molar-refractivity contribution in [2.24, 2.45) is 0 Å². The van der Waals surface area contributed by atoms with E-state index >= 15 is 0 Å². The molecule has 1 aliphatic heterocycles. The maximum Gasteiger partial charge on any atom is 0.213 e. The molecule has 1 aliphatic rings. The molecule has 8 heteroatoms. The van der Waals surface area contributed by atoms with Crippen LogP contribution in [0, 0.1) is 0 Å². The first-order chi connectivity index (χ1) is 7.85. The average Bonchev–Trinajstić information content (AvgIpc) is 2.21. The van der Waals surface area contributed by atoms with Gasteiger partial charge in [0.15, 0.2) is 0 Å². The number of rotatable bonds is 6. The molecule has 0 bridgehead atoms. The molecule has 1 rings (SSSR count). The lowest BCUT2D eigenvalue weighted by atomic mass is 10.2. The van der Waals surface area contributed by atoms with Gasteiger partial charge in [-0.25, -0.2) is 21.6 Å². The molecule has 0 unspecified atom stereocenters. The van der Waals surface area contributed by atoms with Crippen molar-refractivity contribution in [1.82, 2.24) is 10.0 Å². The zero-order chi connectivity index (χ0) is 12.9. The van der Waals surface area contributed by atoms with Crippen LogP contribution in [0.2, 0.25) is 0 Å². The predicted molar refractivity (Wildman–Crippen MR) is 67.1 cm³/mol. The summed E-state index contributed by atoms with van der Waals surface area (Å²) in [6.07, 6.45) is 0.755. The van der Waals surface area contributed by atoms with Crippen LogP contribution in [0.3, 0.4) is 0 Å². The SMILES string of the molecule is CCNCCS(=O)(=O)NC1CCS(=O)(=O)CC1. The molecule has 0 amide bonds. The second kappa shape index (κ2) is 6.12. The smallest absolute Gasteiger partial charge is 0.213 e. The molecule has 102 valence electrons. The summed E-state index contributed by atoms with van der Waals surface area (Å²) < 4.78 is 48.2. The number of nitrogens with one attached hydrogen (secondary N) is 2. The summed E-state index contributed by atoms with van der Waals surface area (Å²) in [5.74, 6) is 0.185. The molecule has 1 saturated heterocycles. The maximum atomic E-state index is 11.6. The number of hydrogen-bond donors (Lipinski definition) is 2. The molecule has 6 nitrogen and oxygen atoms in total. The number of sulfonamides is 1. The Kier molecular flexibility index (Phi) is 5.36. The second-order valence-electron chi connectivity index (χ2n) is 4.22. The average molecular weight is 284 g/mol. The van der Waals surface area contributed by atoms with Gasteiger partial charge in [0.25, 0.3) is 0 Å². The van der Waals surface area contributed by atoms with Gasteiger partial charge in [-0.1, -0.05) is 6.92 Å². The van der Waals surface area contributed by atoms with Crippen molar-refractivity contribution in [2.45, 2.75) is 25.8 Å². The normalized spacial score (nSPS) is 21.5. The summed E-state index contributed by atoms with van der Waals surface area (Å²) in [6.45, 7) is 3.06. The van der Waals surface area contributed by atoms with E-state index in [4.69, 9.17) is 0 Å². The van der Waals surface area contributed by atoms with Crippen LogP contribution in [-0.4, -0.2) is 53.2 Å². The van der Waals surface area contributed by atoms with Gasteiger partial charge >= 0.3 is 0 Å². The van der Waals surface area contributed by atoms with Crippen molar-refractivity contribution < 1.29 is 16.8 Å². The van der Waals surface area contributed by atoms with Crippen molar-refractivity contribution in [3.63, 3.8) is 0 Å². The van der Waals surface area contributed by atoms with E-state index < -0.39 is 19.9 Å². The van der Waals surface area contributed by atoms with E-state index in [0.29, 0.717) is 19.4 Å². The summed E-state index contributed by atoms with van der Waals surface area (Å²) in [7, 11) is -6.24. The summed E-state index contributed by atoms with van der Waals surface area (Å²) >= 11 is 0. The number of sulfone groups is 1. The van der Waals surface area contributed by atoms with Gasteiger partial charge in [-0.15, -0.1) is 0 Å². The van der Waals surface area contributed by atoms with Gasteiger partial charge < -0.3 is 5.32 Å². The number of hydrogen-bond acceptors (Lipinski definition) is 5. The molecule has 2 N–H and O–H groups in total. The molecule has 17 heavy (non-hydrogen) atoms. The topological polar surface area (TPSA) is 92.3 Å². The van der Waals surface area contributed by atoms with Gasteiger partial charge in [0, 0.05) is 12.6 Å². The lowest BCUT2D eigenvalue weighted by molar-refractivity contribution is 0.504. The first-order valence-electron chi connectivity index (χ1n) is 5.76. The highest BCUT2D eigenvalue weighted by Crippen LogP contribution is 2.12. The highest BCUT2D eigenvalue weighted by atomic mass is 32.2. The molecule has 0 aromatic rings. The van der Waals surface area contributed by atoms with E-state index in [1.807, 2.05) is 6.92 Å². The van der Waals surface area contributed by atoms with E-state index in [1.54, 1.807) is 0 Å². The molecule has 0 atom stereocenters. The van der Waals surface area contributed by atoms with Crippen LogP contribution in [-0.2, 0) is 19.9 Å². The van der Waals surface area contributed by atoms with E-state index in [0.717, 1.165) is 6.54 Å². The quantitative estimate of drug-likeness (QED) is 0.616. The molecule has 0 saturated carbocycles. The first-order valence-corrected chi connectivity index (χ1v) is 9.23. The third-order valence-corrected chi connectivity index (χ3v) is 5.85. The highest BCUT2D eigenvalue weighted by molar-refractivity contribution is 7.91. The minimum absolute atomic E-state index is 0.0318. The first kappa shape index (κ1) is 14.9. The Hall–Kier alpha value is -0.180. The van der Waals surface area contributed by atoms with Gasteiger partial charge in [0.1, 0.15) is 9.84 Å². The third-order valence-electron chi connectivity index (χ3n) is 2.70. The van der Waals surface area contributed by atoms with Crippen LogP contribution in [0.15, 0.2) is 0 Å². The highest BCUT2D eigenvalue weighted by Gasteiger charge is 2.26. The predicted octanol–water partition coefficient (Wildman–Crippen LogP) is -0.907. The zero-order valence-electron chi connectivity index (χ0n) is 9.98. The summed E-state index contributed by atoms with van der Waals surface area (Å²) in [5.41, 5.74) is 0. The van der Waals surface area contributed by atoms with Crippen LogP contribution in [0.5, 0.6) is 0 Å². The molecule has 1 heterocycles. The molecule has 0 aromatic carbocycles. The molecule has 0 spiro atoms. The molecule has 0 aliphatic carbocycles. The van der Waals surface area contributed by atoms with Crippen LogP contribution in [0.4, 0.5) is 0 Å². The van der Waals surface area contributed by atoms with E-state index in [2.05, 4.69) is 10.0 Å². The lowest BCUT2D eigenvalue weighted by Crippen LogP contribution is -2.43. The molecule has 1 fully saturated rings. The fraction of sp³-hybridized carbons (Fsp3) is 1.00. The zero-order valence-corrected chi connectivity index (χ0v) is 11.6. The third kappa shape index (κ3) is 5.80. The Morgan fingerprint density at radius 1 is 1.24 bits per heavy atom. The van der Waals surface area contributed by atoms with Gasteiger partial charge in [-0.3, -0.25) is 0 Å². The standard InChI is InChI=1S/C9H20N2O4S2/c1-2-10-5-8-17(14,15)11-9-3-6-16(12,13)7-4-9/h9-11H,2-8H2,1H3. The molecular formula is C9H20N2O4S2.